The number of nitrogens with two attached hydrogens (primary N) is 1. The van der Waals surface area contributed by atoms with E-state index in [9.17, 15) is 0 Å². The van der Waals surface area contributed by atoms with Crippen molar-refractivity contribution >= 4 is 5.69 Å². The zero-order valence-electron chi connectivity index (χ0n) is 12.0. The Morgan fingerprint density at radius 3 is 2.74 bits per heavy atom. The third kappa shape index (κ3) is 2.38. The van der Waals surface area contributed by atoms with Gasteiger partial charge in [-0.3, -0.25) is 0 Å². The van der Waals surface area contributed by atoms with Gasteiger partial charge in [0.05, 0.1) is 0 Å². The molecule has 1 aliphatic carbocycles. The third-order valence-corrected chi connectivity index (χ3v) is 5.19. The first-order valence-electron chi connectivity index (χ1n) is 7.87. The van der Waals surface area contributed by atoms with Gasteiger partial charge in [-0.15, -0.1) is 0 Å². The average molecular weight is 258 g/mol. The minimum Gasteiger partial charge on any atom is -0.368 e. The van der Waals surface area contributed by atoms with Crippen molar-refractivity contribution in [3.63, 3.8) is 0 Å². The molecule has 1 aromatic carbocycles. The second-order valence-corrected chi connectivity index (χ2v) is 6.27. The van der Waals surface area contributed by atoms with Crippen molar-refractivity contribution in [2.75, 3.05) is 18.0 Å². The lowest BCUT2D eigenvalue weighted by molar-refractivity contribution is 0.425. The van der Waals surface area contributed by atoms with Gasteiger partial charge >= 0.3 is 0 Å². The molecular formula is C17H26N2. The van der Waals surface area contributed by atoms with Gasteiger partial charge in [-0.25, -0.2) is 0 Å². The van der Waals surface area contributed by atoms with E-state index in [2.05, 4.69) is 36.1 Å². The van der Waals surface area contributed by atoms with Crippen molar-refractivity contribution < 1.29 is 0 Å². The van der Waals surface area contributed by atoms with Gasteiger partial charge in [0.2, 0.25) is 0 Å². The van der Waals surface area contributed by atoms with Crippen molar-refractivity contribution in [3.05, 3.63) is 29.8 Å². The minimum atomic E-state index is 0.644. The van der Waals surface area contributed by atoms with Gasteiger partial charge < -0.3 is 10.6 Å². The summed E-state index contributed by atoms with van der Waals surface area (Å²) in [6.07, 6.45) is 6.81. The molecular weight excluding hydrogens is 232 g/mol. The van der Waals surface area contributed by atoms with E-state index in [1.807, 2.05) is 0 Å². The maximum absolute atomic E-state index is 5.79. The molecule has 104 valence electrons. The summed E-state index contributed by atoms with van der Waals surface area (Å²) in [4.78, 5) is 2.66. The maximum atomic E-state index is 5.79. The van der Waals surface area contributed by atoms with Crippen LogP contribution in [0.4, 0.5) is 5.69 Å². The predicted molar refractivity (Wildman–Crippen MR) is 81.6 cm³/mol. The van der Waals surface area contributed by atoms with Gasteiger partial charge in [-0.1, -0.05) is 31.0 Å². The summed E-state index contributed by atoms with van der Waals surface area (Å²) < 4.78 is 0. The second kappa shape index (κ2) is 5.54. The molecule has 2 atom stereocenters. The van der Waals surface area contributed by atoms with Crippen molar-refractivity contribution in [2.45, 2.75) is 51.0 Å². The molecule has 2 N–H and O–H groups in total. The van der Waals surface area contributed by atoms with Gasteiger partial charge in [0, 0.05) is 24.2 Å². The topological polar surface area (TPSA) is 29.3 Å². The number of nitrogens with zero attached hydrogens (tertiary/aromatic N) is 1. The van der Waals surface area contributed by atoms with Crippen molar-refractivity contribution in [3.8, 4) is 0 Å². The highest BCUT2D eigenvalue weighted by Crippen LogP contribution is 2.42. The normalized spacial score (nSPS) is 24.7. The molecule has 2 nitrogen and oxygen atoms in total. The lowest BCUT2D eigenvalue weighted by atomic mass is 9.98. The Balaban J connectivity index is 1.83. The summed E-state index contributed by atoms with van der Waals surface area (Å²) >= 11 is 0. The Bertz CT molecular complexity index is 423. The monoisotopic (exact) mass is 258 g/mol. The van der Waals surface area contributed by atoms with Crippen LogP contribution < -0.4 is 10.6 Å². The summed E-state index contributed by atoms with van der Waals surface area (Å²) in [7, 11) is 0. The zero-order chi connectivity index (χ0) is 13.2. The number of rotatable bonds is 4. The first-order chi connectivity index (χ1) is 9.31. The molecule has 0 bridgehead atoms. The molecule has 2 aliphatic rings. The van der Waals surface area contributed by atoms with Gasteiger partial charge in [-0.2, -0.15) is 0 Å². The number of anilines is 1. The summed E-state index contributed by atoms with van der Waals surface area (Å²) in [6, 6.07) is 9.64. The molecule has 0 spiro atoms. The minimum absolute atomic E-state index is 0.644. The van der Waals surface area contributed by atoms with Gasteiger partial charge in [0.15, 0.2) is 0 Å². The van der Waals surface area contributed by atoms with E-state index in [4.69, 9.17) is 5.73 Å². The standard InChI is InChI=1S/C17H26N2/c1-13(14-6-2-3-7-14)19-12-15(10-11-18)16-8-4-5-9-17(16)19/h4-5,8-9,13-15H,2-3,6-7,10-12,18H2,1H3. The lowest BCUT2D eigenvalue weighted by Gasteiger charge is -2.32. The van der Waals surface area contributed by atoms with Crippen LogP contribution in [-0.2, 0) is 0 Å². The number of hydrogen-bond acceptors (Lipinski definition) is 2. The Kier molecular flexibility index (Phi) is 3.79. The van der Waals surface area contributed by atoms with Gasteiger partial charge in [0.25, 0.3) is 0 Å². The summed E-state index contributed by atoms with van der Waals surface area (Å²) in [5, 5.41) is 0. The highest BCUT2D eigenvalue weighted by molar-refractivity contribution is 5.61. The Morgan fingerprint density at radius 2 is 2.00 bits per heavy atom. The molecule has 0 radical (unpaired) electrons. The number of benzene rings is 1. The van der Waals surface area contributed by atoms with Crippen LogP contribution in [0.1, 0.15) is 50.5 Å². The van der Waals surface area contributed by atoms with Gasteiger partial charge in [0.1, 0.15) is 0 Å². The van der Waals surface area contributed by atoms with E-state index >= 15 is 0 Å². The fraction of sp³-hybridized carbons (Fsp3) is 0.647. The van der Waals surface area contributed by atoms with E-state index in [1.54, 1.807) is 0 Å². The third-order valence-electron chi connectivity index (χ3n) is 5.19. The Morgan fingerprint density at radius 1 is 1.26 bits per heavy atom. The van der Waals surface area contributed by atoms with Crippen LogP contribution in [0.5, 0.6) is 0 Å². The van der Waals surface area contributed by atoms with Crippen LogP contribution in [0.15, 0.2) is 24.3 Å². The fourth-order valence-corrected chi connectivity index (χ4v) is 4.06. The molecule has 2 heteroatoms. The largest absolute Gasteiger partial charge is 0.368 e. The zero-order valence-corrected chi connectivity index (χ0v) is 12.0. The summed E-state index contributed by atoms with van der Waals surface area (Å²) in [5.41, 5.74) is 8.79. The second-order valence-electron chi connectivity index (χ2n) is 6.27. The van der Waals surface area contributed by atoms with Crippen LogP contribution in [0.3, 0.4) is 0 Å². The molecule has 0 amide bonds. The van der Waals surface area contributed by atoms with Crippen LogP contribution in [0, 0.1) is 5.92 Å². The van der Waals surface area contributed by atoms with E-state index in [-0.39, 0.29) is 0 Å². The maximum Gasteiger partial charge on any atom is 0.0405 e. The van der Waals surface area contributed by atoms with Crippen molar-refractivity contribution in [1.82, 2.24) is 0 Å². The average Bonchev–Trinajstić information content (AvgIpc) is 3.07. The molecule has 1 saturated carbocycles. The highest BCUT2D eigenvalue weighted by Gasteiger charge is 2.34. The van der Waals surface area contributed by atoms with Crippen LogP contribution >= 0.6 is 0 Å². The quantitative estimate of drug-likeness (QED) is 0.895. The molecule has 1 fully saturated rings. The fourth-order valence-electron chi connectivity index (χ4n) is 4.06. The van der Waals surface area contributed by atoms with E-state index < -0.39 is 0 Å². The molecule has 2 unspecified atom stereocenters. The van der Waals surface area contributed by atoms with Crippen LogP contribution in [-0.4, -0.2) is 19.1 Å². The number of hydrogen-bond donors (Lipinski definition) is 1. The molecule has 0 aromatic heterocycles. The SMILES string of the molecule is CC(C1CCCC1)N1CC(CCN)c2ccccc21. The lowest BCUT2D eigenvalue weighted by Crippen LogP contribution is -2.37. The van der Waals surface area contributed by atoms with Crippen molar-refractivity contribution in [2.24, 2.45) is 11.7 Å². The molecule has 3 rings (SSSR count). The molecule has 0 saturated heterocycles. The number of para-hydroxylation sites is 1. The van der Waals surface area contributed by atoms with Crippen LogP contribution in [0.25, 0.3) is 0 Å². The molecule has 19 heavy (non-hydrogen) atoms. The van der Waals surface area contributed by atoms with Gasteiger partial charge in [-0.05, 0) is 50.3 Å². The summed E-state index contributed by atoms with van der Waals surface area (Å²) in [6.45, 7) is 4.40. The Labute approximate surface area is 117 Å². The first-order valence-corrected chi connectivity index (χ1v) is 7.87. The highest BCUT2D eigenvalue weighted by atomic mass is 15.2. The predicted octanol–water partition coefficient (Wildman–Crippen LogP) is 3.52. The van der Waals surface area contributed by atoms with E-state index in [0.29, 0.717) is 12.0 Å². The van der Waals surface area contributed by atoms with E-state index in [1.165, 1.54) is 43.5 Å². The Hall–Kier alpha value is -1.02. The smallest absolute Gasteiger partial charge is 0.0405 e. The summed E-state index contributed by atoms with van der Waals surface area (Å²) in [5.74, 6) is 1.54. The van der Waals surface area contributed by atoms with Crippen molar-refractivity contribution in [1.29, 1.82) is 0 Å². The number of fused-ring (bicyclic) bond motifs is 1. The van der Waals surface area contributed by atoms with E-state index in [0.717, 1.165) is 18.9 Å². The first kappa shape index (κ1) is 13.0. The molecule has 1 heterocycles. The molecule has 1 aliphatic heterocycles. The molecule has 1 aromatic rings. The van der Waals surface area contributed by atoms with Crippen LogP contribution in [0.2, 0.25) is 0 Å².